The summed E-state index contributed by atoms with van der Waals surface area (Å²) in [6.45, 7) is 3.76. The predicted molar refractivity (Wildman–Crippen MR) is 123 cm³/mol. The van der Waals surface area contributed by atoms with E-state index in [9.17, 15) is 9.18 Å². The topological polar surface area (TPSA) is 66.8 Å². The first-order valence-corrected chi connectivity index (χ1v) is 10.9. The number of aromatic amines is 1. The Morgan fingerprint density at radius 3 is 2.91 bits per heavy atom. The van der Waals surface area contributed by atoms with Crippen LogP contribution in [0.25, 0.3) is 22.3 Å². The fraction of sp³-hybridized carbons (Fsp3) is 0.320. The Labute approximate surface area is 187 Å². The molecule has 4 aromatic rings. The van der Waals surface area contributed by atoms with Crippen LogP contribution in [-0.2, 0) is 17.8 Å². The first kappa shape index (κ1) is 21.7. The summed E-state index contributed by atoms with van der Waals surface area (Å²) in [5.41, 5.74) is 4.78. The van der Waals surface area contributed by atoms with Gasteiger partial charge in [-0.1, -0.05) is 19.1 Å². The van der Waals surface area contributed by atoms with E-state index in [1.165, 1.54) is 12.1 Å². The summed E-state index contributed by atoms with van der Waals surface area (Å²) in [5.74, 6) is 0.226. The number of hydrogen-bond acceptors (Lipinski definition) is 3. The van der Waals surface area contributed by atoms with E-state index in [1.54, 1.807) is 17.2 Å². The standard InChI is InChI=1S/C25H28FN5O/c1-18(10-12-30(2)25(32)9-6-19-4-3-5-21(26)14-19)17-31-13-11-23-24(31)8-7-22(29-23)20-15-27-28-16-20/h3-5,7-8,11,13-16,18H,6,9-10,12,17H2,1-2H3,(H,27,28). The number of H-pyrrole nitrogens is 1. The van der Waals surface area contributed by atoms with Crippen LogP contribution in [0.2, 0.25) is 0 Å². The normalized spacial score (nSPS) is 12.2. The molecule has 0 bridgehead atoms. The zero-order valence-electron chi connectivity index (χ0n) is 18.5. The van der Waals surface area contributed by atoms with Crippen LogP contribution >= 0.6 is 0 Å². The van der Waals surface area contributed by atoms with E-state index in [2.05, 4.69) is 34.0 Å². The lowest BCUT2D eigenvalue weighted by atomic mass is 10.1. The minimum absolute atomic E-state index is 0.0869. The van der Waals surface area contributed by atoms with E-state index >= 15 is 0 Å². The number of halogens is 1. The van der Waals surface area contributed by atoms with E-state index in [4.69, 9.17) is 4.98 Å². The van der Waals surface area contributed by atoms with Crippen molar-refractivity contribution in [3.05, 3.63) is 72.4 Å². The summed E-state index contributed by atoms with van der Waals surface area (Å²) in [7, 11) is 1.84. The van der Waals surface area contributed by atoms with Gasteiger partial charge in [0.05, 0.1) is 22.9 Å². The third kappa shape index (κ3) is 5.22. The second-order valence-electron chi connectivity index (χ2n) is 8.39. The highest BCUT2D eigenvalue weighted by Gasteiger charge is 2.13. The molecule has 1 atom stereocenters. The van der Waals surface area contributed by atoms with Crippen molar-refractivity contribution in [1.29, 1.82) is 0 Å². The number of hydrogen-bond donors (Lipinski definition) is 1. The highest BCUT2D eigenvalue weighted by Crippen LogP contribution is 2.22. The molecule has 0 spiro atoms. The largest absolute Gasteiger partial charge is 0.346 e. The van der Waals surface area contributed by atoms with Gasteiger partial charge in [-0.15, -0.1) is 0 Å². The van der Waals surface area contributed by atoms with Crippen molar-refractivity contribution in [3.8, 4) is 11.3 Å². The summed E-state index contributed by atoms with van der Waals surface area (Å²) >= 11 is 0. The second-order valence-corrected chi connectivity index (χ2v) is 8.39. The monoisotopic (exact) mass is 433 g/mol. The van der Waals surface area contributed by atoms with Gasteiger partial charge in [0.15, 0.2) is 0 Å². The fourth-order valence-electron chi connectivity index (χ4n) is 3.89. The van der Waals surface area contributed by atoms with Gasteiger partial charge in [-0.2, -0.15) is 5.10 Å². The van der Waals surface area contributed by atoms with Crippen molar-refractivity contribution >= 4 is 16.9 Å². The third-order valence-electron chi connectivity index (χ3n) is 5.83. The van der Waals surface area contributed by atoms with Crippen molar-refractivity contribution in [2.24, 2.45) is 5.92 Å². The highest BCUT2D eigenvalue weighted by molar-refractivity contribution is 5.79. The predicted octanol–water partition coefficient (Wildman–Crippen LogP) is 4.68. The number of aromatic nitrogens is 4. The minimum atomic E-state index is -0.262. The van der Waals surface area contributed by atoms with E-state index in [1.807, 2.05) is 31.4 Å². The van der Waals surface area contributed by atoms with Gasteiger partial charge in [0.2, 0.25) is 5.91 Å². The van der Waals surface area contributed by atoms with Crippen LogP contribution in [0, 0.1) is 11.7 Å². The molecule has 0 saturated heterocycles. The van der Waals surface area contributed by atoms with Crippen LogP contribution in [0.3, 0.4) is 0 Å². The van der Waals surface area contributed by atoms with Crippen molar-refractivity contribution in [1.82, 2.24) is 24.6 Å². The maximum absolute atomic E-state index is 13.3. The summed E-state index contributed by atoms with van der Waals surface area (Å²) < 4.78 is 15.5. The molecule has 3 heterocycles. The Kier molecular flexibility index (Phi) is 6.63. The lowest BCUT2D eigenvalue weighted by Crippen LogP contribution is -2.29. The molecule has 32 heavy (non-hydrogen) atoms. The van der Waals surface area contributed by atoms with Gasteiger partial charge >= 0.3 is 0 Å². The van der Waals surface area contributed by atoms with E-state index < -0.39 is 0 Å². The van der Waals surface area contributed by atoms with Gasteiger partial charge in [-0.05, 0) is 54.7 Å². The average molecular weight is 434 g/mol. The van der Waals surface area contributed by atoms with Crippen molar-refractivity contribution in [2.75, 3.05) is 13.6 Å². The third-order valence-corrected chi connectivity index (χ3v) is 5.83. The number of carbonyl (C=O) groups excluding carboxylic acids is 1. The van der Waals surface area contributed by atoms with Gasteiger partial charge < -0.3 is 9.47 Å². The average Bonchev–Trinajstić information content (AvgIpc) is 3.46. The van der Waals surface area contributed by atoms with Gasteiger partial charge in [-0.3, -0.25) is 9.89 Å². The number of fused-ring (bicyclic) bond motifs is 1. The summed E-state index contributed by atoms with van der Waals surface area (Å²) in [6.07, 6.45) is 7.52. The highest BCUT2D eigenvalue weighted by atomic mass is 19.1. The second kappa shape index (κ2) is 9.77. The van der Waals surface area contributed by atoms with Gasteiger partial charge in [0, 0.05) is 44.5 Å². The molecule has 1 N–H and O–H groups in total. The number of nitrogens with zero attached hydrogens (tertiary/aromatic N) is 4. The maximum Gasteiger partial charge on any atom is 0.222 e. The van der Waals surface area contributed by atoms with Gasteiger partial charge in [-0.25, -0.2) is 9.37 Å². The molecule has 0 fully saturated rings. The molecule has 1 aromatic carbocycles. The van der Waals surface area contributed by atoms with Crippen molar-refractivity contribution in [2.45, 2.75) is 32.7 Å². The zero-order chi connectivity index (χ0) is 22.5. The fourth-order valence-corrected chi connectivity index (χ4v) is 3.89. The van der Waals surface area contributed by atoms with Crippen LogP contribution < -0.4 is 0 Å². The van der Waals surface area contributed by atoms with E-state index in [0.717, 1.165) is 40.8 Å². The molecule has 4 rings (SSSR count). The Balaban J connectivity index is 1.28. The van der Waals surface area contributed by atoms with E-state index in [0.29, 0.717) is 25.3 Å². The molecule has 0 radical (unpaired) electrons. The SMILES string of the molecule is CC(CCN(C)C(=O)CCc1cccc(F)c1)Cn1ccc2nc(-c3cn[nH]c3)ccc21. The first-order chi connectivity index (χ1) is 15.5. The molecule has 166 valence electrons. The van der Waals surface area contributed by atoms with Crippen LogP contribution in [-0.4, -0.2) is 44.1 Å². The summed E-state index contributed by atoms with van der Waals surface area (Å²) in [4.78, 5) is 19.0. The lowest BCUT2D eigenvalue weighted by Gasteiger charge is -2.20. The van der Waals surface area contributed by atoms with Gasteiger partial charge in [0.1, 0.15) is 5.82 Å². The maximum atomic E-state index is 13.3. The molecule has 1 unspecified atom stereocenters. The van der Waals surface area contributed by atoms with Crippen LogP contribution in [0.15, 0.2) is 61.1 Å². The number of benzene rings is 1. The number of nitrogens with one attached hydrogen (secondary N) is 1. The number of aryl methyl sites for hydroxylation is 1. The Hall–Kier alpha value is -3.48. The molecular weight excluding hydrogens is 405 g/mol. The molecule has 0 saturated carbocycles. The molecule has 6 nitrogen and oxygen atoms in total. The molecule has 0 aliphatic rings. The van der Waals surface area contributed by atoms with Crippen LogP contribution in [0.5, 0.6) is 0 Å². The Morgan fingerprint density at radius 2 is 2.12 bits per heavy atom. The molecule has 1 amide bonds. The summed E-state index contributed by atoms with van der Waals surface area (Å²) in [5, 5.41) is 6.81. The molecule has 7 heteroatoms. The number of carbonyl (C=O) groups is 1. The first-order valence-electron chi connectivity index (χ1n) is 10.9. The number of amides is 1. The lowest BCUT2D eigenvalue weighted by molar-refractivity contribution is -0.130. The van der Waals surface area contributed by atoms with E-state index in [-0.39, 0.29) is 11.7 Å². The van der Waals surface area contributed by atoms with Gasteiger partial charge in [0.25, 0.3) is 0 Å². The smallest absolute Gasteiger partial charge is 0.222 e. The molecule has 3 aromatic heterocycles. The minimum Gasteiger partial charge on any atom is -0.346 e. The molecular formula is C25H28FN5O. The summed E-state index contributed by atoms with van der Waals surface area (Å²) in [6, 6.07) is 12.6. The zero-order valence-corrected chi connectivity index (χ0v) is 18.5. The quantitative estimate of drug-likeness (QED) is 0.417. The number of pyridine rings is 1. The van der Waals surface area contributed by atoms with Crippen molar-refractivity contribution in [3.63, 3.8) is 0 Å². The Bertz CT molecular complexity index is 1180. The van der Waals surface area contributed by atoms with Crippen LogP contribution in [0.1, 0.15) is 25.3 Å². The van der Waals surface area contributed by atoms with Crippen LogP contribution in [0.4, 0.5) is 4.39 Å². The molecule has 0 aliphatic heterocycles. The Morgan fingerprint density at radius 1 is 1.25 bits per heavy atom. The number of rotatable bonds is 9. The van der Waals surface area contributed by atoms with Crippen molar-refractivity contribution < 1.29 is 9.18 Å². The molecule has 0 aliphatic carbocycles.